The molecule has 1 aliphatic rings. The summed E-state index contributed by atoms with van der Waals surface area (Å²) < 4.78 is 21.8. The third-order valence-electron chi connectivity index (χ3n) is 4.98. The molecular weight excluding hydrogens is 332 g/mol. The summed E-state index contributed by atoms with van der Waals surface area (Å²) in [4.78, 5) is 11.5. The molecule has 142 valence electrons. The lowest BCUT2D eigenvalue weighted by molar-refractivity contribution is -0.134. The van der Waals surface area contributed by atoms with Crippen molar-refractivity contribution in [2.45, 2.75) is 32.6 Å². The Kier molecular flexibility index (Phi) is 6.35. The van der Waals surface area contributed by atoms with E-state index in [0.717, 1.165) is 28.2 Å². The van der Waals surface area contributed by atoms with Gasteiger partial charge in [-0.05, 0) is 12.8 Å². The largest absolute Gasteiger partial charge is 0.496 e. The van der Waals surface area contributed by atoms with E-state index in [0.29, 0.717) is 5.75 Å². The van der Waals surface area contributed by atoms with E-state index in [1.54, 1.807) is 21.3 Å². The zero-order valence-electron chi connectivity index (χ0n) is 16.6. The fourth-order valence-corrected chi connectivity index (χ4v) is 3.67. The topological polar surface area (TPSA) is 54.0 Å². The van der Waals surface area contributed by atoms with Gasteiger partial charge in [-0.3, -0.25) is 0 Å². The van der Waals surface area contributed by atoms with Crippen molar-refractivity contribution in [2.75, 3.05) is 28.4 Å². The number of hydrogen-bond donors (Lipinski definition) is 0. The lowest BCUT2D eigenvalue weighted by Crippen LogP contribution is -2.17. The standard InChI is InChI=1S/C21H28O5/c1-12(9-11-16(22)23-4)15-10-8-13(2)17-18(15)19(24-5)14(3)20(25-6)21(17)26-7/h8-13,15H,1-7H3/t12?,13-,15+/m0/s1. The van der Waals surface area contributed by atoms with Crippen LogP contribution in [0.15, 0.2) is 24.3 Å². The summed E-state index contributed by atoms with van der Waals surface area (Å²) in [6.45, 7) is 6.16. The van der Waals surface area contributed by atoms with Crippen molar-refractivity contribution < 1.29 is 23.7 Å². The Bertz CT molecular complexity index is 733. The van der Waals surface area contributed by atoms with Gasteiger partial charge in [0, 0.05) is 34.6 Å². The number of benzene rings is 1. The number of carbonyl (C=O) groups is 1. The Morgan fingerprint density at radius 3 is 2.15 bits per heavy atom. The van der Waals surface area contributed by atoms with Crippen LogP contribution >= 0.6 is 0 Å². The molecule has 1 aliphatic carbocycles. The molecule has 0 radical (unpaired) electrons. The van der Waals surface area contributed by atoms with Crippen molar-refractivity contribution in [1.82, 2.24) is 0 Å². The number of allylic oxidation sites excluding steroid dienone is 3. The molecule has 0 aliphatic heterocycles. The van der Waals surface area contributed by atoms with Gasteiger partial charge in [0.25, 0.3) is 0 Å². The molecule has 26 heavy (non-hydrogen) atoms. The SMILES string of the molecule is COC(=O)C=CC(C)[C@H]1C=C[C@H](C)c2c(OC)c(OC)c(C)c(OC)c21. The molecule has 0 saturated heterocycles. The lowest BCUT2D eigenvalue weighted by atomic mass is 9.75. The summed E-state index contributed by atoms with van der Waals surface area (Å²) >= 11 is 0. The number of methoxy groups -OCH3 is 4. The maximum Gasteiger partial charge on any atom is 0.330 e. The molecule has 0 spiro atoms. The Balaban J connectivity index is 2.67. The molecule has 2 rings (SSSR count). The molecule has 0 bridgehead atoms. The lowest BCUT2D eigenvalue weighted by Gasteiger charge is -2.32. The van der Waals surface area contributed by atoms with E-state index in [1.807, 2.05) is 13.0 Å². The van der Waals surface area contributed by atoms with Gasteiger partial charge in [0.1, 0.15) is 5.75 Å². The second kappa shape index (κ2) is 8.30. The van der Waals surface area contributed by atoms with Gasteiger partial charge in [0.2, 0.25) is 0 Å². The smallest absolute Gasteiger partial charge is 0.330 e. The van der Waals surface area contributed by atoms with Crippen LogP contribution in [0.5, 0.6) is 17.2 Å². The first kappa shape index (κ1) is 19.9. The maximum atomic E-state index is 11.5. The highest BCUT2D eigenvalue weighted by molar-refractivity contribution is 5.81. The van der Waals surface area contributed by atoms with E-state index < -0.39 is 0 Å². The first-order valence-electron chi connectivity index (χ1n) is 8.67. The van der Waals surface area contributed by atoms with Crippen LogP contribution in [-0.4, -0.2) is 34.4 Å². The maximum absolute atomic E-state index is 11.5. The first-order chi connectivity index (χ1) is 12.4. The van der Waals surface area contributed by atoms with Crippen molar-refractivity contribution in [2.24, 2.45) is 5.92 Å². The first-order valence-corrected chi connectivity index (χ1v) is 8.67. The fraction of sp³-hybridized carbons (Fsp3) is 0.476. The van der Waals surface area contributed by atoms with Gasteiger partial charge < -0.3 is 18.9 Å². The minimum absolute atomic E-state index is 0.0514. The van der Waals surface area contributed by atoms with E-state index in [4.69, 9.17) is 18.9 Å². The highest BCUT2D eigenvalue weighted by atomic mass is 16.5. The molecule has 0 heterocycles. The third-order valence-corrected chi connectivity index (χ3v) is 4.98. The Morgan fingerprint density at radius 1 is 1.00 bits per heavy atom. The summed E-state index contributed by atoms with van der Waals surface area (Å²) in [5.74, 6) is 2.17. The van der Waals surface area contributed by atoms with Crippen LogP contribution in [0.25, 0.3) is 0 Å². The number of hydrogen-bond acceptors (Lipinski definition) is 5. The molecule has 3 atom stereocenters. The van der Waals surface area contributed by atoms with Crippen molar-refractivity contribution in [1.29, 1.82) is 0 Å². The van der Waals surface area contributed by atoms with Crippen LogP contribution in [-0.2, 0) is 9.53 Å². The normalized spacial score (nSPS) is 19.8. The molecule has 0 fully saturated rings. The van der Waals surface area contributed by atoms with Crippen LogP contribution in [0.1, 0.15) is 42.4 Å². The number of rotatable bonds is 6. The number of ether oxygens (including phenoxy) is 4. The van der Waals surface area contributed by atoms with Gasteiger partial charge in [0.05, 0.1) is 28.4 Å². The minimum atomic E-state index is -0.360. The van der Waals surface area contributed by atoms with Gasteiger partial charge in [-0.1, -0.05) is 32.1 Å². The van der Waals surface area contributed by atoms with Crippen LogP contribution in [0.3, 0.4) is 0 Å². The summed E-state index contributed by atoms with van der Waals surface area (Å²) in [5, 5.41) is 0. The Hall–Kier alpha value is -2.43. The summed E-state index contributed by atoms with van der Waals surface area (Å²) in [6, 6.07) is 0. The van der Waals surface area contributed by atoms with Gasteiger partial charge in [0.15, 0.2) is 11.5 Å². The molecule has 1 aromatic rings. The Labute approximate surface area is 155 Å². The van der Waals surface area contributed by atoms with E-state index >= 15 is 0 Å². The molecule has 0 saturated carbocycles. The van der Waals surface area contributed by atoms with Gasteiger partial charge in [-0.25, -0.2) is 4.79 Å². The second-order valence-electron chi connectivity index (χ2n) is 6.49. The number of fused-ring (bicyclic) bond motifs is 1. The monoisotopic (exact) mass is 360 g/mol. The van der Waals surface area contributed by atoms with Crippen molar-refractivity contribution in [3.05, 3.63) is 41.0 Å². The van der Waals surface area contributed by atoms with Gasteiger partial charge in [-0.2, -0.15) is 0 Å². The van der Waals surface area contributed by atoms with E-state index in [9.17, 15) is 4.79 Å². The number of carbonyl (C=O) groups excluding carboxylic acids is 1. The molecule has 0 N–H and O–H groups in total. The average molecular weight is 360 g/mol. The highest BCUT2D eigenvalue weighted by Gasteiger charge is 2.34. The van der Waals surface area contributed by atoms with Crippen LogP contribution in [0.4, 0.5) is 0 Å². The highest BCUT2D eigenvalue weighted by Crippen LogP contribution is 2.53. The zero-order valence-corrected chi connectivity index (χ0v) is 16.6. The fourth-order valence-electron chi connectivity index (χ4n) is 3.67. The van der Waals surface area contributed by atoms with Crippen molar-refractivity contribution >= 4 is 5.97 Å². The summed E-state index contributed by atoms with van der Waals surface area (Å²) in [7, 11) is 6.34. The van der Waals surface area contributed by atoms with Crippen LogP contribution in [0.2, 0.25) is 0 Å². The van der Waals surface area contributed by atoms with Gasteiger partial charge >= 0.3 is 5.97 Å². The van der Waals surface area contributed by atoms with Crippen molar-refractivity contribution in [3.63, 3.8) is 0 Å². The Morgan fingerprint density at radius 2 is 1.62 bits per heavy atom. The third kappa shape index (κ3) is 3.43. The molecule has 1 unspecified atom stereocenters. The number of esters is 1. The minimum Gasteiger partial charge on any atom is -0.496 e. The summed E-state index contributed by atoms with van der Waals surface area (Å²) in [6.07, 6.45) is 7.67. The molecular formula is C21H28O5. The predicted molar refractivity (Wildman–Crippen MR) is 101 cm³/mol. The van der Waals surface area contributed by atoms with Crippen LogP contribution in [0, 0.1) is 12.8 Å². The molecule has 1 aromatic carbocycles. The van der Waals surface area contributed by atoms with E-state index in [-0.39, 0.29) is 23.7 Å². The zero-order chi connectivity index (χ0) is 19.4. The van der Waals surface area contributed by atoms with Crippen LogP contribution < -0.4 is 14.2 Å². The summed E-state index contributed by atoms with van der Waals surface area (Å²) in [5.41, 5.74) is 3.06. The van der Waals surface area contributed by atoms with Gasteiger partial charge in [-0.15, -0.1) is 0 Å². The second-order valence-corrected chi connectivity index (χ2v) is 6.49. The average Bonchev–Trinajstić information content (AvgIpc) is 2.65. The molecule has 5 heteroatoms. The van der Waals surface area contributed by atoms with E-state index in [1.165, 1.54) is 13.2 Å². The molecule has 5 nitrogen and oxygen atoms in total. The molecule has 0 amide bonds. The van der Waals surface area contributed by atoms with E-state index in [2.05, 4.69) is 26.0 Å². The quantitative estimate of drug-likeness (QED) is 0.433. The van der Waals surface area contributed by atoms with Crippen molar-refractivity contribution in [3.8, 4) is 17.2 Å². The predicted octanol–water partition coefficient (Wildman–Crippen LogP) is 4.14. The molecule has 0 aromatic heterocycles.